The number of barbiturate groups is 1. The molecule has 1 fully saturated rings. The Kier molecular flexibility index (Phi) is 4.18. The van der Waals surface area contributed by atoms with Gasteiger partial charge in [0.15, 0.2) is 0 Å². The highest BCUT2D eigenvalue weighted by atomic mass is 79.9. The average Bonchev–Trinajstić information content (AvgIpc) is 2.34. The first-order valence-corrected chi connectivity index (χ1v) is 7.42. The molecule has 0 aliphatic carbocycles. The van der Waals surface area contributed by atoms with E-state index in [0.717, 1.165) is 19.8 Å². The van der Waals surface area contributed by atoms with Gasteiger partial charge in [0.25, 0.3) is 0 Å². The van der Waals surface area contributed by atoms with E-state index in [1.807, 2.05) is 24.3 Å². The monoisotopic (exact) mass is 352 g/mol. The molecule has 0 aromatic heterocycles. The van der Waals surface area contributed by atoms with Crippen molar-refractivity contribution >= 4 is 33.8 Å². The van der Waals surface area contributed by atoms with Crippen molar-refractivity contribution in [2.24, 2.45) is 0 Å². The predicted octanol–water partition coefficient (Wildman–Crippen LogP) is 2.93. The van der Waals surface area contributed by atoms with Crippen LogP contribution in [0.4, 0.5) is 4.79 Å². The number of rotatable bonds is 2. The molecule has 0 atom stereocenters. The molecular weight excluding hydrogens is 336 g/mol. The van der Waals surface area contributed by atoms with Gasteiger partial charge in [-0.3, -0.25) is 19.4 Å². The van der Waals surface area contributed by atoms with E-state index in [0.29, 0.717) is 0 Å². The van der Waals surface area contributed by atoms with Crippen molar-refractivity contribution in [3.8, 4) is 0 Å². The van der Waals surface area contributed by atoms with Crippen LogP contribution < -0.4 is 0 Å². The summed E-state index contributed by atoms with van der Waals surface area (Å²) in [6, 6.07) is 6.83. The molecule has 2 rings (SSSR count). The number of hydrogen-bond donors (Lipinski definition) is 0. The fraction of sp³-hybridized carbons (Fsp3) is 0.400. The molecule has 1 aliphatic heterocycles. The van der Waals surface area contributed by atoms with E-state index >= 15 is 0 Å². The number of amides is 4. The maximum Gasteiger partial charge on any atom is 0.334 e. The van der Waals surface area contributed by atoms with Gasteiger partial charge in [-0.15, -0.1) is 0 Å². The predicted molar refractivity (Wildman–Crippen MR) is 81.3 cm³/mol. The number of imide groups is 2. The van der Waals surface area contributed by atoms with Crippen LogP contribution in [0.3, 0.4) is 0 Å². The number of carbonyl (C=O) groups is 3. The van der Waals surface area contributed by atoms with Crippen LogP contribution in [0, 0.1) is 0 Å². The normalized spacial score (nSPS) is 16.7. The van der Waals surface area contributed by atoms with Gasteiger partial charge in [-0.1, -0.05) is 34.1 Å². The third kappa shape index (κ3) is 3.15. The molecular formula is C15H17BrN2O3. The largest absolute Gasteiger partial charge is 0.334 e. The summed E-state index contributed by atoms with van der Waals surface area (Å²) in [7, 11) is 0. The SMILES string of the molecule is CC(C)(C)N1C(=O)CC(=O)N(Cc2ccccc2Br)C1=O. The molecule has 6 heteroatoms. The summed E-state index contributed by atoms with van der Waals surface area (Å²) in [6.45, 7) is 5.47. The molecule has 1 saturated heterocycles. The number of urea groups is 1. The van der Waals surface area contributed by atoms with E-state index in [9.17, 15) is 14.4 Å². The summed E-state index contributed by atoms with van der Waals surface area (Å²) in [4.78, 5) is 38.8. The van der Waals surface area contributed by atoms with Crippen molar-refractivity contribution in [3.05, 3.63) is 34.3 Å². The number of hydrogen-bond acceptors (Lipinski definition) is 3. The lowest BCUT2D eigenvalue weighted by Gasteiger charge is -2.40. The molecule has 112 valence electrons. The zero-order valence-electron chi connectivity index (χ0n) is 12.2. The third-order valence-electron chi connectivity index (χ3n) is 3.23. The summed E-state index contributed by atoms with van der Waals surface area (Å²) in [5.41, 5.74) is 0.170. The first kappa shape index (κ1) is 15.7. The molecule has 5 nitrogen and oxygen atoms in total. The van der Waals surface area contributed by atoms with Crippen LogP contribution in [0.5, 0.6) is 0 Å². The minimum Gasteiger partial charge on any atom is -0.274 e. The second-order valence-corrected chi connectivity index (χ2v) is 6.78. The maximum atomic E-state index is 12.5. The quantitative estimate of drug-likeness (QED) is 0.769. The van der Waals surface area contributed by atoms with E-state index < -0.39 is 23.4 Å². The molecule has 21 heavy (non-hydrogen) atoms. The van der Waals surface area contributed by atoms with Gasteiger partial charge >= 0.3 is 6.03 Å². The summed E-state index contributed by atoms with van der Waals surface area (Å²) in [6.07, 6.45) is -0.270. The van der Waals surface area contributed by atoms with E-state index in [-0.39, 0.29) is 13.0 Å². The molecule has 0 unspecified atom stereocenters. The highest BCUT2D eigenvalue weighted by Gasteiger charge is 2.43. The van der Waals surface area contributed by atoms with Gasteiger partial charge in [-0.25, -0.2) is 4.79 Å². The number of carbonyl (C=O) groups excluding carboxylic acids is 3. The van der Waals surface area contributed by atoms with Gasteiger partial charge in [0.2, 0.25) is 11.8 Å². The Balaban J connectivity index is 2.31. The van der Waals surface area contributed by atoms with Gasteiger partial charge in [0.1, 0.15) is 6.42 Å². The standard InChI is InChI=1S/C15H17BrN2O3/c1-15(2,3)18-13(20)8-12(19)17(14(18)21)9-10-6-4-5-7-11(10)16/h4-7H,8-9H2,1-3H3. The minimum absolute atomic E-state index is 0.152. The first-order chi connectivity index (χ1) is 9.71. The molecule has 0 spiro atoms. The van der Waals surface area contributed by atoms with Crippen molar-refractivity contribution in [1.29, 1.82) is 0 Å². The fourth-order valence-corrected chi connectivity index (χ4v) is 2.66. The Morgan fingerprint density at radius 3 is 2.29 bits per heavy atom. The molecule has 1 aromatic carbocycles. The summed E-state index contributed by atoms with van der Waals surface area (Å²) < 4.78 is 0.824. The summed E-state index contributed by atoms with van der Waals surface area (Å²) in [5, 5.41) is 0. The second-order valence-electron chi connectivity index (χ2n) is 5.93. The van der Waals surface area contributed by atoms with E-state index in [1.165, 1.54) is 0 Å². The molecule has 0 bridgehead atoms. The lowest BCUT2D eigenvalue weighted by molar-refractivity contribution is -0.145. The van der Waals surface area contributed by atoms with Crippen molar-refractivity contribution in [1.82, 2.24) is 9.80 Å². The molecule has 0 saturated carbocycles. The second kappa shape index (κ2) is 5.60. The molecule has 1 aliphatic rings. The van der Waals surface area contributed by atoms with Crippen molar-refractivity contribution in [3.63, 3.8) is 0 Å². The van der Waals surface area contributed by atoms with E-state index in [1.54, 1.807) is 20.8 Å². The lowest BCUT2D eigenvalue weighted by Crippen LogP contribution is -2.60. The summed E-state index contributed by atoms with van der Waals surface area (Å²) >= 11 is 3.40. The van der Waals surface area contributed by atoms with Gasteiger partial charge in [-0.05, 0) is 32.4 Å². The highest BCUT2D eigenvalue weighted by molar-refractivity contribution is 9.10. The Bertz CT molecular complexity index is 607. The van der Waals surface area contributed by atoms with E-state index in [2.05, 4.69) is 15.9 Å². The highest BCUT2D eigenvalue weighted by Crippen LogP contribution is 2.25. The molecule has 0 radical (unpaired) electrons. The van der Waals surface area contributed by atoms with Gasteiger partial charge in [-0.2, -0.15) is 0 Å². The number of nitrogens with zero attached hydrogens (tertiary/aromatic N) is 2. The molecule has 0 N–H and O–H groups in total. The van der Waals surface area contributed by atoms with Crippen LogP contribution in [0.25, 0.3) is 0 Å². The van der Waals surface area contributed by atoms with Crippen molar-refractivity contribution < 1.29 is 14.4 Å². The zero-order valence-corrected chi connectivity index (χ0v) is 13.8. The van der Waals surface area contributed by atoms with Crippen LogP contribution in [0.1, 0.15) is 32.8 Å². The van der Waals surface area contributed by atoms with Crippen LogP contribution in [-0.2, 0) is 16.1 Å². The van der Waals surface area contributed by atoms with Crippen molar-refractivity contribution in [2.45, 2.75) is 39.3 Å². The van der Waals surface area contributed by atoms with Crippen LogP contribution >= 0.6 is 15.9 Å². The van der Waals surface area contributed by atoms with Gasteiger partial charge in [0, 0.05) is 10.0 Å². The smallest absolute Gasteiger partial charge is 0.274 e. The average molecular weight is 353 g/mol. The minimum atomic E-state index is -0.652. The Hall–Kier alpha value is -1.69. The van der Waals surface area contributed by atoms with Gasteiger partial charge < -0.3 is 0 Å². The molecule has 4 amide bonds. The first-order valence-electron chi connectivity index (χ1n) is 6.62. The topological polar surface area (TPSA) is 57.7 Å². The van der Waals surface area contributed by atoms with Crippen LogP contribution in [0.15, 0.2) is 28.7 Å². The lowest BCUT2D eigenvalue weighted by atomic mass is 10.0. The number of halogens is 1. The van der Waals surface area contributed by atoms with E-state index in [4.69, 9.17) is 0 Å². The van der Waals surface area contributed by atoms with Crippen LogP contribution in [-0.4, -0.2) is 33.2 Å². The molecule has 1 aromatic rings. The summed E-state index contributed by atoms with van der Waals surface area (Å²) in [5.74, 6) is -0.901. The van der Waals surface area contributed by atoms with Gasteiger partial charge in [0.05, 0.1) is 6.54 Å². The number of benzene rings is 1. The van der Waals surface area contributed by atoms with Crippen molar-refractivity contribution in [2.75, 3.05) is 0 Å². The maximum absolute atomic E-state index is 12.5. The van der Waals surface area contributed by atoms with Crippen LogP contribution in [0.2, 0.25) is 0 Å². The Labute approximate surface area is 132 Å². The molecule has 1 heterocycles. The Morgan fingerprint density at radius 2 is 1.71 bits per heavy atom. The Morgan fingerprint density at radius 1 is 1.10 bits per heavy atom. The third-order valence-corrected chi connectivity index (χ3v) is 4.01. The fourth-order valence-electron chi connectivity index (χ4n) is 2.25. The zero-order chi connectivity index (χ0) is 15.8.